The van der Waals surface area contributed by atoms with Crippen molar-refractivity contribution in [2.75, 3.05) is 5.32 Å². The maximum atomic E-state index is 12.0. The van der Waals surface area contributed by atoms with Crippen molar-refractivity contribution < 1.29 is 9.53 Å². The van der Waals surface area contributed by atoms with E-state index >= 15 is 0 Å². The van der Waals surface area contributed by atoms with E-state index < -0.39 is 12.1 Å². The number of nitrogens with one attached hydrogen (secondary N) is 1. The maximum Gasteiger partial charge on any atom is 0.245 e. The summed E-state index contributed by atoms with van der Waals surface area (Å²) in [5.74, 6) is 0.399. The highest BCUT2D eigenvalue weighted by Gasteiger charge is 2.31. The van der Waals surface area contributed by atoms with Crippen LogP contribution in [0, 0.1) is 0 Å². The zero-order chi connectivity index (χ0) is 13.2. The lowest BCUT2D eigenvalue weighted by atomic mass is 10.0. The highest BCUT2D eigenvalue weighted by molar-refractivity contribution is 5.97. The predicted octanol–water partition coefficient (Wildman–Crippen LogP) is 2.09. The normalized spacial score (nSPS) is 21.8. The Kier molecular flexibility index (Phi) is 2.93. The van der Waals surface area contributed by atoms with Crippen LogP contribution in [0.15, 0.2) is 54.6 Å². The highest BCUT2D eigenvalue weighted by Crippen LogP contribution is 2.33. The number of anilines is 1. The molecule has 4 nitrogen and oxygen atoms in total. The van der Waals surface area contributed by atoms with E-state index in [1.54, 1.807) is 6.07 Å². The molecule has 0 saturated carbocycles. The van der Waals surface area contributed by atoms with Crippen LogP contribution in [0.4, 0.5) is 5.69 Å². The van der Waals surface area contributed by atoms with E-state index in [1.807, 2.05) is 48.5 Å². The third kappa shape index (κ3) is 2.18. The quantitative estimate of drug-likeness (QED) is 0.819. The van der Waals surface area contributed by atoms with Gasteiger partial charge in [-0.15, -0.1) is 0 Å². The average Bonchev–Trinajstić information content (AvgIpc) is 2.58. The van der Waals surface area contributed by atoms with Crippen molar-refractivity contribution in [1.82, 2.24) is 0 Å². The first-order chi connectivity index (χ1) is 9.25. The lowest BCUT2D eigenvalue weighted by Crippen LogP contribution is -2.41. The van der Waals surface area contributed by atoms with Crippen molar-refractivity contribution in [3.8, 4) is 5.75 Å². The van der Waals surface area contributed by atoms with Gasteiger partial charge in [-0.1, -0.05) is 42.5 Å². The smallest absolute Gasteiger partial charge is 0.245 e. The van der Waals surface area contributed by atoms with Crippen LogP contribution in [0.25, 0.3) is 0 Å². The first-order valence-corrected chi connectivity index (χ1v) is 6.13. The van der Waals surface area contributed by atoms with Crippen LogP contribution in [-0.4, -0.2) is 11.9 Å². The largest absolute Gasteiger partial charge is 0.481 e. The molecule has 0 fully saturated rings. The molecule has 2 unspecified atom stereocenters. The molecule has 0 radical (unpaired) electrons. The van der Waals surface area contributed by atoms with Gasteiger partial charge in [0.05, 0.1) is 5.69 Å². The number of carbonyl (C=O) groups excluding carboxylic acids is 1. The first-order valence-electron chi connectivity index (χ1n) is 6.13. The number of nitrogens with two attached hydrogens (primary N) is 1. The maximum absolute atomic E-state index is 12.0. The number of rotatable bonds is 1. The van der Waals surface area contributed by atoms with E-state index in [4.69, 9.17) is 10.5 Å². The van der Waals surface area contributed by atoms with Gasteiger partial charge in [-0.05, 0) is 17.7 Å². The van der Waals surface area contributed by atoms with Crippen molar-refractivity contribution in [2.45, 2.75) is 12.1 Å². The summed E-state index contributed by atoms with van der Waals surface area (Å²) in [6, 6.07) is 16.1. The lowest BCUT2D eigenvalue weighted by molar-refractivity contribution is -0.119. The molecule has 1 heterocycles. The van der Waals surface area contributed by atoms with Crippen molar-refractivity contribution in [2.24, 2.45) is 5.73 Å². The number of para-hydroxylation sites is 2. The van der Waals surface area contributed by atoms with Crippen molar-refractivity contribution in [1.29, 1.82) is 0 Å². The number of hydrogen-bond acceptors (Lipinski definition) is 3. The zero-order valence-corrected chi connectivity index (χ0v) is 10.2. The Morgan fingerprint density at radius 1 is 1.00 bits per heavy atom. The summed E-state index contributed by atoms with van der Waals surface area (Å²) < 4.78 is 5.92. The van der Waals surface area contributed by atoms with Crippen LogP contribution in [0.5, 0.6) is 5.75 Å². The molecular weight excluding hydrogens is 240 g/mol. The van der Waals surface area contributed by atoms with E-state index in [0.29, 0.717) is 11.4 Å². The van der Waals surface area contributed by atoms with E-state index in [1.165, 1.54) is 0 Å². The fourth-order valence-corrected chi connectivity index (χ4v) is 2.15. The van der Waals surface area contributed by atoms with E-state index in [0.717, 1.165) is 5.56 Å². The van der Waals surface area contributed by atoms with Crippen molar-refractivity contribution in [3.05, 3.63) is 60.2 Å². The molecule has 3 N–H and O–H groups in total. The van der Waals surface area contributed by atoms with Gasteiger partial charge in [-0.2, -0.15) is 0 Å². The summed E-state index contributed by atoms with van der Waals surface area (Å²) in [5, 5.41) is 2.78. The third-order valence-corrected chi connectivity index (χ3v) is 3.16. The van der Waals surface area contributed by atoms with Crippen LogP contribution in [-0.2, 0) is 4.79 Å². The summed E-state index contributed by atoms with van der Waals surface area (Å²) in [4.78, 5) is 12.0. The van der Waals surface area contributed by atoms with Gasteiger partial charge in [-0.3, -0.25) is 4.79 Å². The fourth-order valence-electron chi connectivity index (χ4n) is 2.15. The summed E-state index contributed by atoms with van der Waals surface area (Å²) >= 11 is 0. The van der Waals surface area contributed by atoms with Gasteiger partial charge in [0.2, 0.25) is 5.91 Å². The molecule has 0 aliphatic carbocycles. The van der Waals surface area contributed by atoms with Gasteiger partial charge >= 0.3 is 0 Å². The number of fused-ring (bicyclic) bond motifs is 1. The minimum absolute atomic E-state index is 0.237. The standard InChI is InChI=1S/C15H14N2O2/c16-13-14(10-6-2-1-3-7-10)19-12-9-5-4-8-11(12)17-15(13)18/h1-9,13-14H,16H2,(H,17,18). The van der Waals surface area contributed by atoms with Gasteiger partial charge < -0.3 is 15.8 Å². The molecule has 2 aromatic carbocycles. The Labute approximate surface area is 111 Å². The Morgan fingerprint density at radius 2 is 1.68 bits per heavy atom. The molecule has 2 aromatic rings. The number of amides is 1. The number of hydrogen-bond donors (Lipinski definition) is 2. The summed E-state index contributed by atoms with van der Waals surface area (Å²) in [7, 11) is 0. The minimum Gasteiger partial charge on any atom is -0.481 e. The summed E-state index contributed by atoms with van der Waals surface area (Å²) in [6.45, 7) is 0. The second kappa shape index (κ2) is 4.74. The Morgan fingerprint density at radius 3 is 2.47 bits per heavy atom. The molecule has 3 rings (SSSR count). The number of benzene rings is 2. The lowest BCUT2D eigenvalue weighted by Gasteiger charge is -2.21. The first kappa shape index (κ1) is 11.7. The molecule has 2 atom stereocenters. The van der Waals surface area contributed by atoms with E-state index in [9.17, 15) is 4.79 Å². The molecule has 19 heavy (non-hydrogen) atoms. The minimum atomic E-state index is -0.741. The van der Waals surface area contributed by atoms with Crippen LogP contribution < -0.4 is 15.8 Å². The average molecular weight is 254 g/mol. The van der Waals surface area contributed by atoms with Crippen LogP contribution >= 0.6 is 0 Å². The monoisotopic (exact) mass is 254 g/mol. The number of carbonyl (C=O) groups is 1. The third-order valence-electron chi connectivity index (χ3n) is 3.16. The topological polar surface area (TPSA) is 64.4 Å². The summed E-state index contributed by atoms with van der Waals surface area (Å²) in [6.07, 6.45) is -0.482. The highest BCUT2D eigenvalue weighted by atomic mass is 16.5. The molecule has 0 bridgehead atoms. The second-order valence-corrected chi connectivity index (χ2v) is 4.46. The van der Waals surface area contributed by atoms with E-state index in [-0.39, 0.29) is 5.91 Å². The van der Waals surface area contributed by atoms with Crippen molar-refractivity contribution in [3.63, 3.8) is 0 Å². The molecule has 1 aliphatic heterocycles. The van der Waals surface area contributed by atoms with Gasteiger partial charge in [0.25, 0.3) is 0 Å². The Balaban J connectivity index is 2.03. The van der Waals surface area contributed by atoms with Crippen LogP contribution in [0.2, 0.25) is 0 Å². The fraction of sp³-hybridized carbons (Fsp3) is 0.133. The van der Waals surface area contributed by atoms with Gasteiger partial charge in [0.1, 0.15) is 17.9 Å². The molecule has 1 amide bonds. The Bertz CT molecular complexity index is 598. The second-order valence-electron chi connectivity index (χ2n) is 4.46. The van der Waals surface area contributed by atoms with Crippen molar-refractivity contribution >= 4 is 11.6 Å². The molecule has 96 valence electrons. The molecule has 0 spiro atoms. The molecule has 0 aromatic heterocycles. The number of ether oxygens (including phenoxy) is 1. The molecule has 4 heteroatoms. The molecule has 0 saturated heterocycles. The molecular formula is C15H14N2O2. The predicted molar refractivity (Wildman–Crippen MR) is 72.9 cm³/mol. The van der Waals surface area contributed by atoms with Crippen LogP contribution in [0.3, 0.4) is 0 Å². The van der Waals surface area contributed by atoms with E-state index in [2.05, 4.69) is 5.32 Å². The summed E-state index contributed by atoms with van der Waals surface area (Å²) in [5.41, 5.74) is 7.54. The molecule has 1 aliphatic rings. The SMILES string of the molecule is NC1C(=O)Nc2ccccc2OC1c1ccccc1. The Hall–Kier alpha value is -2.33. The van der Waals surface area contributed by atoms with Gasteiger partial charge in [-0.25, -0.2) is 0 Å². The zero-order valence-electron chi connectivity index (χ0n) is 10.2. The van der Waals surface area contributed by atoms with Gasteiger partial charge in [0, 0.05) is 0 Å². The van der Waals surface area contributed by atoms with Crippen LogP contribution in [0.1, 0.15) is 11.7 Å². The van der Waals surface area contributed by atoms with Gasteiger partial charge in [0.15, 0.2) is 0 Å².